The molecule has 5 heteroatoms. The molecule has 3 rings (SSSR count). The van der Waals surface area contributed by atoms with Crippen LogP contribution in [0.2, 0.25) is 0 Å². The molecular formula is C20H25N3O2. The zero-order chi connectivity index (χ0) is 17.8. The van der Waals surface area contributed by atoms with E-state index in [2.05, 4.69) is 9.88 Å². The largest absolute Gasteiger partial charge is 0.444 e. The lowest BCUT2D eigenvalue weighted by molar-refractivity contribution is -0.127. The first-order chi connectivity index (χ1) is 12.0. The topological polar surface area (TPSA) is 49.6 Å². The summed E-state index contributed by atoms with van der Waals surface area (Å²) in [4.78, 5) is 21.1. The van der Waals surface area contributed by atoms with Gasteiger partial charge in [0.1, 0.15) is 5.76 Å². The van der Waals surface area contributed by atoms with Gasteiger partial charge < -0.3 is 9.32 Å². The summed E-state index contributed by atoms with van der Waals surface area (Å²) in [6, 6.07) is 10.0. The summed E-state index contributed by atoms with van der Waals surface area (Å²) in [5.74, 6) is 1.73. The Balaban J connectivity index is 1.54. The smallest absolute Gasteiger partial charge is 0.246 e. The molecule has 1 amide bonds. The zero-order valence-electron chi connectivity index (χ0n) is 15.2. The summed E-state index contributed by atoms with van der Waals surface area (Å²) >= 11 is 0. The SMILES string of the molecule is CC(=CC(=O)N1CCN(Cc2nc(C)c(C)o2)CC1)c1ccccc1. The number of piperazine rings is 1. The standard InChI is InChI=1S/C20H25N3O2/c1-15(18-7-5-4-6-8-18)13-20(24)23-11-9-22(10-12-23)14-19-21-16(2)17(3)25-19/h4-8,13H,9-12,14H2,1-3H3. The molecule has 1 aromatic carbocycles. The number of hydrogen-bond donors (Lipinski definition) is 0. The van der Waals surface area contributed by atoms with Crippen LogP contribution in [0.25, 0.3) is 5.57 Å². The maximum absolute atomic E-state index is 12.5. The Labute approximate surface area is 149 Å². The summed E-state index contributed by atoms with van der Waals surface area (Å²) in [6.45, 7) is 9.72. The summed E-state index contributed by atoms with van der Waals surface area (Å²) < 4.78 is 5.65. The average Bonchev–Trinajstić information content (AvgIpc) is 2.93. The Morgan fingerprint density at radius 3 is 2.44 bits per heavy atom. The van der Waals surface area contributed by atoms with Gasteiger partial charge in [-0.05, 0) is 31.9 Å². The Morgan fingerprint density at radius 2 is 1.84 bits per heavy atom. The van der Waals surface area contributed by atoms with Crippen molar-refractivity contribution in [2.45, 2.75) is 27.3 Å². The number of nitrogens with zero attached hydrogens (tertiary/aromatic N) is 3. The van der Waals surface area contributed by atoms with Crippen molar-refractivity contribution in [1.82, 2.24) is 14.8 Å². The minimum Gasteiger partial charge on any atom is -0.444 e. The number of carbonyl (C=O) groups excluding carboxylic acids is 1. The van der Waals surface area contributed by atoms with Gasteiger partial charge in [-0.2, -0.15) is 0 Å². The van der Waals surface area contributed by atoms with Crippen molar-refractivity contribution in [3.8, 4) is 0 Å². The minimum atomic E-state index is 0.0869. The molecule has 0 radical (unpaired) electrons. The molecule has 1 aromatic heterocycles. The molecule has 1 saturated heterocycles. The molecule has 5 nitrogen and oxygen atoms in total. The van der Waals surface area contributed by atoms with E-state index < -0.39 is 0 Å². The van der Waals surface area contributed by atoms with E-state index in [9.17, 15) is 4.79 Å². The second-order valence-corrected chi connectivity index (χ2v) is 6.54. The van der Waals surface area contributed by atoms with Gasteiger partial charge in [0.15, 0.2) is 0 Å². The summed E-state index contributed by atoms with van der Waals surface area (Å²) in [7, 11) is 0. The quantitative estimate of drug-likeness (QED) is 0.804. The van der Waals surface area contributed by atoms with Gasteiger partial charge in [-0.3, -0.25) is 9.69 Å². The predicted molar refractivity (Wildman–Crippen MR) is 97.9 cm³/mol. The zero-order valence-corrected chi connectivity index (χ0v) is 15.2. The number of carbonyl (C=O) groups is 1. The van der Waals surface area contributed by atoms with Crippen molar-refractivity contribution in [3.63, 3.8) is 0 Å². The Kier molecular flexibility index (Phi) is 5.34. The molecular weight excluding hydrogens is 314 g/mol. The van der Waals surface area contributed by atoms with Crippen LogP contribution in [0, 0.1) is 13.8 Å². The Bertz CT molecular complexity index is 737. The van der Waals surface area contributed by atoms with Crippen molar-refractivity contribution >= 4 is 11.5 Å². The number of allylic oxidation sites excluding steroid dienone is 1. The highest BCUT2D eigenvalue weighted by Crippen LogP contribution is 2.15. The molecule has 1 aliphatic rings. The molecule has 1 aliphatic heterocycles. The second kappa shape index (κ2) is 7.66. The van der Waals surface area contributed by atoms with E-state index >= 15 is 0 Å². The van der Waals surface area contributed by atoms with E-state index in [0.717, 1.165) is 54.7 Å². The van der Waals surface area contributed by atoms with Gasteiger partial charge >= 0.3 is 0 Å². The summed E-state index contributed by atoms with van der Waals surface area (Å²) in [5, 5.41) is 0. The molecule has 2 heterocycles. The van der Waals surface area contributed by atoms with Crippen LogP contribution in [-0.2, 0) is 11.3 Å². The monoisotopic (exact) mass is 339 g/mol. The van der Waals surface area contributed by atoms with Crippen molar-refractivity contribution in [2.24, 2.45) is 0 Å². The highest BCUT2D eigenvalue weighted by atomic mass is 16.4. The van der Waals surface area contributed by atoms with Gasteiger partial charge in [-0.25, -0.2) is 4.98 Å². The normalized spacial score (nSPS) is 16.3. The molecule has 0 saturated carbocycles. The van der Waals surface area contributed by atoms with Crippen LogP contribution in [0.5, 0.6) is 0 Å². The van der Waals surface area contributed by atoms with Gasteiger partial charge in [0.05, 0.1) is 12.2 Å². The second-order valence-electron chi connectivity index (χ2n) is 6.54. The van der Waals surface area contributed by atoms with Crippen molar-refractivity contribution in [1.29, 1.82) is 0 Å². The van der Waals surface area contributed by atoms with E-state index in [1.54, 1.807) is 6.08 Å². The molecule has 0 bridgehead atoms. The Morgan fingerprint density at radius 1 is 1.16 bits per heavy atom. The van der Waals surface area contributed by atoms with Gasteiger partial charge in [-0.15, -0.1) is 0 Å². The summed E-state index contributed by atoms with van der Waals surface area (Å²) in [6.07, 6.45) is 1.74. The van der Waals surface area contributed by atoms with E-state index in [0.29, 0.717) is 6.54 Å². The lowest BCUT2D eigenvalue weighted by Crippen LogP contribution is -2.47. The maximum Gasteiger partial charge on any atom is 0.246 e. The molecule has 2 aromatic rings. The van der Waals surface area contributed by atoms with Crippen molar-refractivity contribution in [2.75, 3.05) is 26.2 Å². The number of aromatic nitrogens is 1. The number of hydrogen-bond acceptors (Lipinski definition) is 4. The first-order valence-electron chi connectivity index (χ1n) is 8.71. The van der Waals surface area contributed by atoms with Crippen LogP contribution in [0.1, 0.15) is 29.8 Å². The number of benzene rings is 1. The summed E-state index contributed by atoms with van der Waals surface area (Å²) in [5.41, 5.74) is 3.04. The third-order valence-electron chi connectivity index (χ3n) is 4.68. The maximum atomic E-state index is 12.5. The number of aryl methyl sites for hydroxylation is 2. The number of oxazole rings is 1. The predicted octanol–water partition coefficient (Wildman–Crippen LogP) is 3.04. The third-order valence-corrected chi connectivity index (χ3v) is 4.68. The van der Waals surface area contributed by atoms with E-state index in [-0.39, 0.29) is 5.91 Å². The lowest BCUT2D eigenvalue weighted by Gasteiger charge is -2.33. The van der Waals surface area contributed by atoms with E-state index in [4.69, 9.17) is 4.42 Å². The van der Waals surface area contributed by atoms with Crippen LogP contribution in [0.3, 0.4) is 0 Å². The van der Waals surface area contributed by atoms with E-state index in [1.165, 1.54) is 0 Å². The van der Waals surface area contributed by atoms with Gasteiger partial charge in [0.2, 0.25) is 11.8 Å². The van der Waals surface area contributed by atoms with Crippen molar-refractivity contribution < 1.29 is 9.21 Å². The van der Waals surface area contributed by atoms with Crippen LogP contribution < -0.4 is 0 Å². The first-order valence-corrected chi connectivity index (χ1v) is 8.71. The third kappa shape index (κ3) is 4.37. The minimum absolute atomic E-state index is 0.0869. The first kappa shape index (κ1) is 17.4. The molecule has 0 unspecified atom stereocenters. The number of rotatable bonds is 4. The fourth-order valence-electron chi connectivity index (χ4n) is 2.99. The van der Waals surface area contributed by atoms with Crippen LogP contribution in [0.15, 0.2) is 40.8 Å². The van der Waals surface area contributed by atoms with Gasteiger partial charge in [0.25, 0.3) is 0 Å². The highest BCUT2D eigenvalue weighted by molar-refractivity contribution is 5.94. The van der Waals surface area contributed by atoms with Gasteiger partial charge in [-0.1, -0.05) is 30.3 Å². The van der Waals surface area contributed by atoms with Crippen molar-refractivity contribution in [3.05, 3.63) is 59.3 Å². The van der Waals surface area contributed by atoms with Crippen LogP contribution in [0.4, 0.5) is 0 Å². The average molecular weight is 339 g/mol. The molecule has 25 heavy (non-hydrogen) atoms. The molecule has 0 N–H and O–H groups in total. The lowest BCUT2D eigenvalue weighted by atomic mass is 10.1. The molecule has 0 atom stereocenters. The highest BCUT2D eigenvalue weighted by Gasteiger charge is 2.21. The van der Waals surface area contributed by atoms with Crippen LogP contribution in [-0.4, -0.2) is 46.9 Å². The fraction of sp³-hybridized carbons (Fsp3) is 0.400. The molecule has 1 fully saturated rings. The van der Waals surface area contributed by atoms with Gasteiger partial charge in [0, 0.05) is 32.3 Å². The Hall–Kier alpha value is -2.40. The van der Waals surface area contributed by atoms with Crippen LogP contribution >= 0.6 is 0 Å². The molecule has 0 spiro atoms. The van der Waals surface area contributed by atoms with E-state index in [1.807, 2.05) is 56.0 Å². The molecule has 132 valence electrons. The fourth-order valence-corrected chi connectivity index (χ4v) is 2.99. The molecule has 0 aliphatic carbocycles. The number of amides is 1.